The molecule has 3 rings (SSSR count). The predicted molar refractivity (Wildman–Crippen MR) is 112 cm³/mol. The van der Waals surface area contributed by atoms with Crippen LogP contribution in [0, 0.1) is 27.7 Å². The fourth-order valence-electron chi connectivity index (χ4n) is 3.87. The van der Waals surface area contributed by atoms with Crippen molar-refractivity contribution in [3.8, 4) is 0 Å². The van der Waals surface area contributed by atoms with E-state index >= 15 is 0 Å². The third kappa shape index (κ3) is 4.15. The van der Waals surface area contributed by atoms with E-state index in [-0.39, 0.29) is 0 Å². The Labute approximate surface area is 168 Å². The first kappa shape index (κ1) is 21.0. The molecule has 0 bridgehead atoms. The Morgan fingerprint density at radius 2 is 1.46 bits per heavy atom. The van der Waals surface area contributed by atoms with Gasteiger partial charge in [-0.2, -0.15) is 4.31 Å². The van der Waals surface area contributed by atoms with Crippen molar-refractivity contribution in [3.05, 3.63) is 64.2 Å². The molecule has 0 unspecified atom stereocenters. The molecule has 1 atom stereocenters. The maximum Gasteiger partial charge on any atom is 0.243 e. The smallest absolute Gasteiger partial charge is 0.243 e. The summed E-state index contributed by atoms with van der Waals surface area (Å²) in [5, 5.41) is 10.4. The molecule has 1 fully saturated rings. The number of hydrogen-bond acceptors (Lipinski definition) is 4. The molecular weight excluding hydrogens is 372 g/mol. The van der Waals surface area contributed by atoms with Crippen molar-refractivity contribution in [2.45, 2.75) is 38.7 Å². The molecule has 1 saturated heterocycles. The number of aliphatic hydroxyl groups excluding tert-OH is 1. The number of aliphatic hydroxyl groups is 1. The fourth-order valence-corrected chi connectivity index (χ4v) is 5.87. The van der Waals surface area contributed by atoms with Crippen LogP contribution in [0.2, 0.25) is 0 Å². The fraction of sp³-hybridized carbons (Fsp3) is 0.455. The normalized spacial score (nSPS) is 17.6. The minimum atomic E-state index is -3.53. The van der Waals surface area contributed by atoms with Crippen LogP contribution in [0.3, 0.4) is 0 Å². The minimum Gasteiger partial charge on any atom is -0.387 e. The number of hydrogen-bond donors (Lipinski definition) is 1. The Kier molecular flexibility index (Phi) is 6.25. The van der Waals surface area contributed by atoms with E-state index in [0.717, 1.165) is 27.8 Å². The van der Waals surface area contributed by atoms with E-state index in [4.69, 9.17) is 0 Å². The molecule has 0 radical (unpaired) electrons. The summed E-state index contributed by atoms with van der Waals surface area (Å²) in [5.41, 5.74) is 4.58. The van der Waals surface area contributed by atoms with Gasteiger partial charge in [-0.1, -0.05) is 36.4 Å². The average Bonchev–Trinajstić information content (AvgIpc) is 2.67. The van der Waals surface area contributed by atoms with E-state index in [0.29, 0.717) is 37.6 Å². The van der Waals surface area contributed by atoms with Crippen molar-refractivity contribution in [3.63, 3.8) is 0 Å². The molecule has 0 amide bonds. The lowest BCUT2D eigenvalue weighted by atomic mass is 10.0. The molecule has 1 aliphatic heterocycles. The molecule has 0 spiro atoms. The molecule has 5 nitrogen and oxygen atoms in total. The van der Waals surface area contributed by atoms with Crippen molar-refractivity contribution < 1.29 is 13.5 Å². The maximum absolute atomic E-state index is 13.3. The zero-order valence-electron chi connectivity index (χ0n) is 17.1. The zero-order chi connectivity index (χ0) is 20.5. The molecule has 0 aliphatic carbocycles. The van der Waals surface area contributed by atoms with E-state index < -0.39 is 16.1 Å². The van der Waals surface area contributed by atoms with Crippen LogP contribution in [0.4, 0.5) is 0 Å². The summed E-state index contributed by atoms with van der Waals surface area (Å²) < 4.78 is 28.3. The molecule has 0 aromatic heterocycles. The number of benzene rings is 2. The summed E-state index contributed by atoms with van der Waals surface area (Å²) >= 11 is 0. The Balaban J connectivity index is 1.71. The van der Waals surface area contributed by atoms with Gasteiger partial charge in [-0.25, -0.2) is 8.42 Å². The summed E-state index contributed by atoms with van der Waals surface area (Å²) in [4.78, 5) is 2.59. The van der Waals surface area contributed by atoms with Gasteiger partial charge < -0.3 is 5.11 Å². The van der Waals surface area contributed by atoms with Crippen molar-refractivity contribution in [2.24, 2.45) is 0 Å². The quantitative estimate of drug-likeness (QED) is 0.835. The van der Waals surface area contributed by atoms with Gasteiger partial charge in [0.25, 0.3) is 0 Å². The first-order chi connectivity index (χ1) is 13.2. The number of piperazine rings is 1. The van der Waals surface area contributed by atoms with Crippen LogP contribution < -0.4 is 0 Å². The zero-order valence-corrected chi connectivity index (χ0v) is 18.0. The molecule has 28 heavy (non-hydrogen) atoms. The van der Waals surface area contributed by atoms with Gasteiger partial charge in [0, 0.05) is 32.7 Å². The highest BCUT2D eigenvalue weighted by Crippen LogP contribution is 2.29. The lowest BCUT2D eigenvalue weighted by Crippen LogP contribution is -2.49. The van der Waals surface area contributed by atoms with E-state index in [1.807, 2.05) is 64.1 Å². The van der Waals surface area contributed by atoms with Gasteiger partial charge in [-0.15, -0.1) is 0 Å². The van der Waals surface area contributed by atoms with E-state index in [9.17, 15) is 13.5 Å². The van der Waals surface area contributed by atoms with E-state index in [2.05, 4.69) is 4.90 Å². The number of aryl methyl sites for hydroxylation is 2. The van der Waals surface area contributed by atoms with Crippen LogP contribution in [0.25, 0.3) is 0 Å². The number of nitrogens with zero attached hydrogens (tertiary/aromatic N) is 2. The molecule has 2 aromatic rings. The Bertz CT molecular complexity index is 908. The molecular formula is C22H30N2O3S. The van der Waals surface area contributed by atoms with Crippen LogP contribution in [0.1, 0.15) is 33.9 Å². The lowest BCUT2D eigenvalue weighted by Gasteiger charge is -2.35. The van der Waals surface area contributed by atoms with Crippen LogP contribution in [0.5, 0.6) is 0 Å². The maximum atomic E-state index is 13.3. The Hall–Kier alpha value is -1.73. The van der Waals surface area contributed by atoms with Gasteiger partial charge in [-0.3, -0.25) is 4.90 Å². The van der Waals surface area contributed by atoms with Crippen LogP contribution >= 0.6 is 0 Å². The number of rotatable bonds is 5. The molecule has 152 valence electrons. The highest BCUT2D eigenvalue weighted by Gasteiger charge is 2.32. The third-order valence-corrected chi connectivity index (χ3v) is 8.02. The standard InChI is InChI=1S/C22H30N2O3S/c1-16-14-17(2)19(4)22(18(16)3)28(26,27)24-12-10-23(11-13-24)15-21(25)20-8-6-5-7-9-20/h5-9,14,21,25H,10-13,15H2,1-4H3/t21-/m0/s1. The van der Waals surface area contributed by atoms with Crippen molar-refractivity contribution >= 4 is 10.0 Å². The summed E-state index contributed by atoms with van der Waals surface area (Å²) in [7, 11) is -3.53. The van der Waals surface area contributed by atoms with Gasteiger partial charge in [0.1, 0.15) is 0 Å². The van der Waals surface area contributed by atoms with E-state index in [1.54, 1.807) is 4.31 Å². The van der Waals surface area contributed by atoms with Crippen molar-refractivity contribution in [1.82, 2.24) is 9.21 Å². The second-order valence-corrected chi connectivity index (χ2v) is 9.60. The average molecular weight is 403 g/mol. The van der Waals surface area contributed by atoms with Gasteiger partial charge >= 0.3 is 0 Å². The lowest BCUT2D eigenvalue weighted by molar-refractivity contribution is 0.0921. The highest BCUT2D eigenvalue weighted by atomic mass is 32.2. The monoisotopic (exact) mass is 402 g/mol. The Morgan fingerprint density at radius 1 is 0.929 bits per heavy atom. The molecule has 1 N–H and O–H groups in total. The largest absolute Gasteiger partial charge is 0.387 e. The van der Waals surface area contributed by atoms with Gasteiger partial charge in [0.15, 0.2) is 0 Å². The molecule has 2 aromatic carbocycles. The first-order valence-corrected chi connectivity index (χ1v) is 11.2. The molecule has 1 heterocycles. The molecule has 1 aliphatic rings. The SMILES string of the molecule is Cc1cc(C)c(C)c(S(=O)(=O)N2CCN(C[C@H](O)c3ccccc3)CC2)c1C. The second kappa shape index (κ2) is 8.33. The number of sulfonamides is 1. The van der Waals surface area contributed by atoms with Crippen LogP contribution in [-0.4, -0.2) is 55.5 Å². The first-order valence-electron chi connectivity index (χ1n) is 9.74. The van der Waals surface area contributed by atoms with Crippen molar-refractivity contribution in [2.75, 3.05) is 32.7 Å². The summed E-state index contributed by atoms with van der Waals surface area (Å²) in [6.07, 6.45) is -0.562. The second-order valence-electron chi connectivity index (χ2n) is 7.72. The predicted octanol–water partition coefficient (Wildman–Crippen LogP) is 2.96. The minimum absolute atomic E-state index is 0.440. The van der Waals surface area contributed by atoms with Crippen molar-refractivity contribution in [1.29, 1.82) is 0 Å². The van der Waals surface area contributed by atoms with Gasteiger partial charge in [0.2, 0.25) is 10.0 Å². The summed E-state index contributed by atoms with van der Waals surface area (Å²) in [5.74, 6) is 0. The third-order valence-electron chi connectivity index (χ3n) is 5.84. The van der Waals surface area contributed by atoms with Crippen LogP contribution in [-0.2, 0) is 10.0 Å². The van der Waals surface area contributed by atoms with E-state index in [1.165, 1.54) is 0 Å². The van der Waals surface area contributed by atoms with Gasteiger partial charge in [-0.05, 0) is 55.5 Å². The van der Waals surface area contributed by atoms with Crippen LogP contribution in [0.15, 0.2) is 41.3 Å². The van der Waals surface area contributed by atoms with Gasteiger partial charge in [0.05, 0.1) is 11.0 Å². The number of β-amino-alcohol motifs (C(OH)–C–C–N with tert-alkyl or cyclic N) is 1. The highest BCUT2D eigenvalue weighted by molar-refractivity contribution is 7.89. The Morgan fingerprint density at radius 3 is 2.00 bits per heavy atom. The molecule has 6 heteroatoms. The summed E-state index contributed by atoms with van der Waals surface area (Å²) in [6, 6.07) is 11.6. The molecule has 0 saturated carbocycles. The summed E-state index contributed by atoms with van der Waals surface area (Å²) in [6.45, 7) is 10.3. The topological polar surface area (TPSA) is 60.9 Å².